The minimum absolute atomic E-state index is 0.286. The highest BCUT2D eigenvalue weighted by Gasteiger charge is 2.33. The van der Waals surface area contributed by atoms with Crippen molar-refractivity contribution in [3.63, 3.8) is 0 Å². The van der Waals surface area contributed by atoms with Crippen molar-refractivity contribution < 1.29 is 14.7 Å². The second kappa shape index (κ2) is 4.82. The number of rotatable bonds is 3. The number of carbonyl (C=O) groups excluding carboxylic acids is 1. The van der Waals surface area contributed by atoms with E-state index in [2.05, 4.69) is 15.5 Å². The van der Waals surface area contributed by atoms with Crippen molar-refractivity contribution in [2.75, 3.05) is 5.32 Å². The minimum atomic E-state index is -0.931. The summed E-state index contributed by atoms with van der Waals surface area (Å²) >= 11 is 0. The van der Waals surface area contributed by atoms with E-state index in [1.165, 1.54) is 6.20 Å². The van der Waals surface area contributed by atoms with Crippen molar-refractivity contribution >= 4 is 17.7 Å². The molecule has 0 aliphatic heterocycles. The zero-order valence-electron chi connectivity index (χ0n) is 9.09. The third-order valence-electron chi connectivity index (χ3n) is 2.84. The van der Waals surface area contributed by atoms with Gasteiger partial charge in [-0.3, -0.25) is 14.7 Å². The zero-order valence-corrected chi connectivity index (χ0v) is 9.09. The molecule has 1 amide bonds. The van der Waals surface area contributed by atoms with Gasteiger partial charge in [-0.25, -0.2) is 0 Å². The second-order valence-electron chi connectivity index (χ2n) is 3.95. The Kier molecular flexibility index (Phi) is 3.22. The highest BCUT2D eigenvalue weighted by molar-refractivity contribution is 5.94. The maximum absolute atomic E-state index is 11.9. The van der Waals surface area contributed by atoms with Crippen molar-refractivity contribution in [3.05, 3.63) is 24.4 Å². The SMILES string of the molecule is O=C(Nc1ccn[nH]1)[C@H]1CC=CC[C@H]1C(=O)O. The molecule has 0 saturated heterocycles. The number of hydrogen-bond acceptors (Lipinski definition) is 3. The molecule has 0 fully saturated rings. The Morgan fingerprint density at radius 3 is 2.65 bits per heavy atom. The van der Waals surface area contributed by atoms with Crippen LogP contribution in [-0.2, 0) is 9.59 Å². The molecule has 3 N–H and O–H groups in total. The molecule has 1 aliphatic carbocycles. The summed E-state index contributed by atoms with van der Waals surface area (Å²) < 4.78 is 0. The summed E-state index contributed by atoms with van der Waals surface area (Å²) in [5.74, 6) is -1.91. The molecular formula is C11H13N3O3. The van der Waals surface area contributed by atoms with Crippen molar-refractivity contribution in [1.82, 2.24) is 10.2 Å². The van der Waals surface area contributed by atoms with Gasteiger partial charge in [0.15, 0.2) is 0 Å². The summed E-state index contributed by atoms with van der Waals surface area (Å²) in [6.45, 7) is 0. The van der Waals surface area contributed by atoms with Crippen molar-refractivity contribution in [2.45, 2.75) is 12.8 Å². The molecule has 6 heteroatoms. The van der Waals surface area contributed by atoms with Crippen LogP contribution in [0, 0.1) is 11.8 Å². The van der Waals surface area contributed by atoms with Crippen molar-refractivity contribution in [1.29, 1.82) is 0 Å². The van der Waals surface area contributed by atoms with Gasteiger partial charge in [-0.2, -0.15) is 5.10 Å². The van der Waals surface area contributed by atoms with Gasteiger partial charge in [-0.05, 0) is 12.8 Å². The number of aromatic amines is 1. The smallest absolute Gasteiger partial charge is 0.307 e. The van der Waals surface area contributed by atoms with E-state index in [0.717, 1.165) is 0 Å². The van der Waals surface area contributed by atoms with Gasteiger partial charge >= 0.3 is 5.97 Å². The lowest BCUT2D eigenvalue weighted by Crippen LogP contribution is -2.34. The molecule has 2 rings (SSSR count). The van der Waals surface area contributed by atoms with Crippen LogP contribution < -0.4 is 5.32 Å². The van der Waals surface area contributed by atoms with E-state index in [9.17, 15) is 9.59 Å². The first-order chi connectivity index (χ1) is 8.18. The standard InChI is InChI=1S/C11H13N3O3/c15-10(13-9-5-6-12-14-9)7-3-1-2-4-8(7)11(16)17/h1-2,5-8H,3-4H2,(H,16,17)(H2,12,13,14,15)/t7-,8+/m0/s1. The predicted molar refractivity (Wildman–Crippen MR) is 60.2 cm³/mol. The molecular weight excluding hydrogens is 222 g/mol. The Labute approximate surface area is 97.7 Å². The molecule has 1 aromatic heterocycles. The van der Waals surface area contributed by atoms with Gasteiger partial charge in [0.05, 0.1) is 18.0 Å². The average Bonchev–Trinajstić information content (AvgIpc) is 2.81. The summed E-state index contributed by atoms with van der Waals surface area (Å²) in [6, 6.07) is 1.62. The van der Waals surface area contributed by atoms with E-state index >= 15 is 0 Å². The number of anilines is 1. The Bertz CT molecular complexity index is 439. The highest BCUT2D eigenvalue weighted by atomic mass is 16.4. The number of allylic oxidation sites excluding steroid dienone is 2. The van der Waals surface area contributed by atoms with Crippen LogP contribution in [0.4, 0.5) is 5.82 Å². The van der Waals surface area contributed by atoms with Crippen LogP contribution in [0.2, 0.25) is 0 Å². The molecule has 1 heterocycles. The summed E-state index contributed by atoms with van der Waals surface area (Å²) in [7, 11) is 0. The maximum Gasteiger partial charge on any atom is 0.307 e. The van der Waals surface area contributed by atoms with Gasteiger partial charge in [-0.15, -0.1) is 0 Å². The first-order valence-electron chi connectivity index (χ1n) is 5.36. The van der Waals surface area contributed by atoms with Gasteiger partial charge in [0, 0.05) is 6.07 Å². The van der Waals surface area contributed by atoms with E-state index in [-0.39, 0.29) is 5.91 Å². The number of H-pyrrole nitrogens is 1. The average molecular weight is 235 g/mol. The van der Waals surface area contributed by atoms with Crippen LogP contribution in [0.3, 0.4) is 0 Å². The van der Waals surface area contributed by atoms with E-state index < -0.39 is 17.8 Å². The van der Waals surface area contributed by atoms with Crippen LogP contribution >= 0.6 is 0 Å². The van der Waals surface area contributed by atoms with Crippen LogP contribution in [0.15, 0.2) is 24.4 Å². The molecule has 90 valence electrons. The van der Waals surface area contributed by atoms with Crippen molar-refractivity contribution in [3.8, 4) is 0 Å². The molecule has 17 heavy (non-hydrogen) atoms. The quantitative estimate of drug-likeness (QED) is 0.681. The van der Waals surface area contributed by atoms with Gasteiger partial charge in [-0.1, -0.05) is 12.2 Å². The molecule has 0 radical (unpaired) electrons. The molecule has 1 aliphatic rings. The molecule has 0 bridgehead atoms. The van der Waals surface area contributed by atoms with E-state index in [0.29, 0.717) is 18.7 Å². The molecule has 0 unspecified atom stereocenters. The fraction of sp³-hybridized carbons (Fsp3) is 0.364. The number of nitrogens with one attached hydrogen (secondary N) is 2. The van der Waals surface area contributed by atoms with E-state index in [1.54, 1.807) is 12.1 Å². The monoisotopic (exact) mass is 235 g/mol. The number of carbonyl (C=O) groups is 2. The normalized spacial score (nSPS) is 23.3. The number of aliphatic carboxylic acids is 1. The Morgan fingerprint density at radius 1 is 1.35 bits per heavy atom. The number of aromatic nitrogens is 2. The summed E-state index contributed by atoms with van der Waals surface area (Å²) in [5, 5.41) is 18.0. The first-order valence-corrected chi connectivity index (χ1v) is 5.36. The highest BCUT2D eigenvalue weighted by Crippen LogP contribution is 2.26. The Balaban J connectivity index is 2.07. The summed E-state index contributed by atoms with van der Waals surface area (Å²) in [5.41, 5.74) is 0. The van der Waals surface area contributed by atoms with Crippen LogP contribution in [0.1, 0.15) is 12.8 Å². The van der Waals surface area contributed by atoms with Gasteiger partial charge < -0.3 is 10.4 Å². The van der Waals surface area contributed by atoms with Gasteiger partial charge in [0.2, 0.25) is 5.91 Å². The molecule has 0 saturated carbocycles. The zero-order chi connectivity index (χ0) is 12.3. The topological polar surface area (TPSA) is 95.1 Å². The fourth-order valence-corrected chi connectivity index (χ4v) is 1.93. The number of hydrogen-bond donors (Lipinski definition) is 3. The molecule has 0 aromatic carbocycles. The van der Waals surface area contributed by atoms with E-state index in [4.69, 9.17) is 5.11 Å². The third kappa shape index (κ3) is 2.52. The largest absolute Gasteiger partial charge is 0.481 e. The summed E-state index contributed by atoms with van der Waals surface area (Å²) in [6.07, 6.45) is 6.02. The minimum Gasteiger partial charge on any atom is -0.481 e. The van der Waals surface area contributed by atoms with Crippen LogP contribution in [-0.4, -0.2) is 27.2 Å². The molecule has 1 aromatic rings. The van der Waals surface area contributed by atoms with Gasteiger partial charge in [0.1, 0.15) is 5.82 Å². The third-order valence-corrected chi connectivity index (χ3v) is 2.84. The number of nitrogens with zero attached hydrogens (tertiary/aromatic N) is 1. The number of carboxylic acid groups (broad SMARTS) is 1. The number of carboxylic acids is 1. The van der Waals surface area contributed by atoms with E-state index in [1.807, 2.05) is 6.08 Å². The predicted octanol–water partition coefficient (Wildman–Crippen LogP) is 1.02. The molecule has 6 nitrogen and oxygen atoms in total. The first kappa shape index (κ1) is 11.4. The van der Waals surface area contributed by atoms with Gasteiger partial charge in [0.25, 0.3) is 0 Å². The second-order valence-corrected chi connectivity index (χ2v) is 3.95. The van der Waals surface area contributed by atoms with Crippen molar-refractivity contribution in [2.24, 2.45) is 11.8 Å². The molecule has 2 atom stereocenters. The lowest BCUT2D eigenvalue weighted by Gasteiger charge is -2.23. The van der Waals surface area contributed by atoms with Crippen LogP contribution in [0.5, 0.6) is 0 Å². The fourth-order valence-electron chi connectivity index (χ4n) is 1.93. The van der Waals surface area contributed by atoms with Crippen LogP contribution in [0.25, 0.3) is 0 Å². The maximum atomic E-state index is 11.9. The Morgan fingerprint density at radius 2 is 2.06 bits per heavy atom. The Hall–Kier alpha value is -2.11. The lowest BCUT2D eigenvalue weighted by atomic mass is 9.82. The lowest BCUT2D eigenvalue weighted by molar-refractivity contribution is -0.146. The number of amides is 1. The molecule has 0 spiro atoms. The summed E-state index contributed by atoms with van der Waals surface area (Å²) in [4.78, 5) is 23.0.